The predicted octanol–water partition coefficient (Wildman–Crippen LogP) is 0.293. The van der Waals surface area contributed by atoms with Crippen LogP contribution in [0.4, 0.5) is 0 Å². The van der Waals surface area contributed by atoms with E-state index < -0.39 is 5.54 Å². The van der Waals surface area contributed by atoms with Gasteiger partial charge >= 0.3 is 0 Å². The Morgan fingerprint density at radius 2 is 2.04 bits per heavy atom. The third-order valence-corrected chi connectivity index (χ3v) is 5.58. The van der Waals surface area contributed by atoms with Crippen molar-refractivity contribution in [2.75, 3.05) is 32.7 Å². The molecule has 4 rings (SSSR count). The van der Waals surface area contributed by atoms with Gasteiger partial charge < -0.3 is 10.2 Å². The number of nitrogens with one attached hydrogen (secondary N) is 1. The van der Waals surface area contributed by atoms with Gasteiger partial charge in [0.05, 0.1) is 18.0 Å². The van der Waals surface area contributed by atoms with E-state index >= 15 is 0 Å². The molecule has 7 heteroatoms. The van der Waals surface area contributed by atoms with E-state index in [0.717, 1.165) is 25.6 Å². The van der Waals surface area contributed by atoms with Crippen LogP contribution in [-0.4, -0.2) is 70.1 Å². The summed E-state index contributed by atoms with van der Waals surface area (Å²) in [5.74, 6) is 0.882. The highest BCUT2D eigenvalue weighted by atomic mass is 16.2. The van der Waals surface area contributed by atoms with Crippen molar-refractivity contribution in [3.8, 4) is 0 Å². The number of hydrogen-bond donors (Lipinski definition) is 1. The minimum Gasteiger partial charge on any atom is -0.353 e. The Balaban J connectivity index is 1.46. The average molecular weight is 329 g/mol. The molecule has 24 heavy (non-hydrogen) atoms. The zero-order chi connectivity index (χ0) is 16.6. The Labute approximate surface area is 141 Å². The molecule has 0 radical (unpaired) electrons. The summed E-state index contributed by atoms with van der Waals surface area (Å²) in [5, 5.41) is 10.5. The molecule has 7 nitrogen and oxygen atoms in total. The topological polar surface area (TPSA) is 78.4 Å². The SMILES string of the molecule is O=C(c1ccnnc1)N1CCC2(CC1)C(=O)NCCN2CC1CC1. The van der Waals surface area contributed by atoms with Crippen molar-refractivity contribution in [3.05, 3.63) is 24.0 Å². The molecule has 0 atom stereocenters. The number of likely N-dealkylation sites (tertiary alicyclic amines) is 1. The van der Waals surface area contributed by atoms with Crippen molar-refractivity contribution in [3.63, 3.8) is 0 Å². The molecule has 1 spiro atoms. The fourth-order valence-electron chi connectivity index (χ4n) is 3.93. The first-order valence-electron chi connectivity index (χ1n) is 8.78. The summed E-state index contributed by atoms with van der Waals surface area (Å²) in [6, 6.07) is 1.69. The van der Waals surface area contributed by atoms with Gasteiger partial charge in [0.1, 0.15) is 5.54 Å². The summed E-state index contributed by atoms with van der Waals surface area (Å²) in [6.45, 7) is 3.89. The monoisotopic (exact) mass is 329 g/mol. The molecule has 0 bridgehead atoms. The lowest BCUT2D eigenvalue weighted by Gasteiger charge is -2.50. The third-order valence-electron chi connectivity index (χ3n) is 5.58. The molecule has 2 saturated heterocycles. The first-order valence-corrected chi connectivity index (χ1v) is 8.78. The van der Waals surface area contributed by atoms with E-state index in [4.69, 9.17) is 0 Å². The van der Waals surface area contributed by atoms with Gasteiger partial charge in [-0.2, -0.15) is 10.2 Å². The van der Waals surface area contributed by atoms with Crippen LogP contribution in [0.15, 0.2) is 18.5 Å². The highest BCUT2D eigenvalue weighted by Crippen LogP contribution is 2.37. The Bertz CT molecular complexity index is 623. The zero-order valence-corrected chi connectivity index (χ0v) is 13.8. The maximum absolute atomic E-state index is 12.7. The van der Waals surface area contributed by atoms with Crippen molar-refractivity contribution in [2.24, 2.45) is 5.92 Å². The van der Waals surface area contributed by atoms with E-state index in [1.807, 2.05) is 4.90 Å². The van der Waals surface area contributed by atoms with Crippen LogP contribution in [0, 0.1) is 5.92 Å². The van der Waals surface area contributed by atoms with Crippen LogP contribution in [0.5, 0.6) is 0 Å². The van der Waals surface area contributed by atoms with Crippen molar-refractivity contribution < 1.29 is 9.59 Å². The lowest BCUT2D eigenvalue weighted by Crippen LogP contribution is -2.68. The Morgan fingerprint density at radius 3 is 2.71 bits per heavy atom. The highest BCUT2D eigenvalue weighted by Gasteiger charge is 2.49. The second-order valence-corrected chi connectivity index (χ2v) is 7.10. The van der Waals surface area contributed by atoms with E-state index in [1.165, 1.54) is 25.2 Å². The minimum atomic E-state index is -0.423. The van der Waals surface area contributed by atoms with Crippen molar-refractivity contribution in [1.82, 2.24) is 25.3 Å². The van der Waals surface area contributed by atoms with Gasteiger partial charge in [-0.25, -0.2) is 0 Å². The number of carbonyl (C=O) groups excluding carboxylic acids is 2. The first-order chi connectivity index (χ1) is 11.7. The van der Waals surface area contributed by atoms with Gasteiger partial charge in [-0.05, 0) is 37.7 Å². The van der Waals surface area contributed by atoms with E-state index in [-0.39, 0.29) is 11.8 Å². The maximum Gasteiger partial charge on any atom is 0.255 e. The number of piperazine rings is 1. The molecule has 2 aliphatic heterocycles. The van der Waals surface area contributed by atoms with Gasteiger partial charge in [0.15, 0.2) is 0 Å². The second kappa shape index (κ2) is 6.12. The Hall–Kier alpha value is -2.02. The summed E-state index contributed by atoms with van der Waals surface area (Å²) >= 11 is 0. The number of aromatic nitrogens is 2. The zero-order valence-electron chi connectivity index (χ0n) is 13.8. The highest BCUT2D eigenvalue weighted by molar-refractivity contribution is 5.94. The summed E-state index contributed by atoms with van der Waals surface area (Å²) in [7, 11) is 0. The maximum atomic E-state index is 12.7. The second-order valence-electron chi connectivity index (χ2n) is 7.10. The first kappa shape index (κ1) is 15.5. The van der Waals surface area contributed by atoms with Gasteiger partial charge in [0.2, 0.25) is 5.91 Å². The predicted molar refractivity (Wildman–Crippen MR) is 87.2 cm³/mol. The number of carbonyl (C=O) groups is 2. The fourth-order valence-corrected chi connectivity index (χ4v) is 3.93. The van der Waals surface area contributed by atoms with E-state index in [0.29, 0.717) is 31.5 Å². The van der Waals surface area contributed by atoms with Gasteiger partial charge in [-0.3, -0.25) is 14.5 Å². The van der Waals surface area contributed by atoms with Crippen LogP contribution in [0.25, 0.3) is 0 Å². The summed E-state index contributed by atoms with van der Waals surface area (Å²) < 4.78 is 0. The summed E-state index contributed by atoms with van der Waals surface area (Å²) in [4.78, 5) is 29.4. The molecule has 128 valence electrons. The fraction of sp³-hybridized carbons (Fsp3) is 0.647. The molecule has 1 aromatic heterocycles. The van der Waals surface area contributed by atoms with Crippen LogP contribution in [0.1, 0.15) is 36.0 Å². The molecule has 1 N–H and O–H groups in total. The number of nitrogens with zero attached hydrogens (tertiary/aromatic N) is 4. The van der Waals surface area contributed by atoms with Crippen LogP contribution in [-0.2, 0) is 4.79 Å². The number of amides is 2. The van der Waals surface area contributed by atoms with E-state index in [1.54, 1.807) is 6.07 Å². The summed E-state index contributed by atoms with van der Waals surface area (Å²) in [6.07, 6.45) is 7.01. The number of hydrogen-bond acceptors (Lipinski definition) is 5. The molecule has 0 aromatic carbocycles. The molecule has 1 saturated carbocycles. The quantitative estimate of drug-likeness (QED) is 0.862. The minimum absolute atomic E-state index is 0.0234. The van der Waals surface area contributed by atoms with Crippen molar-refractivity contribution in [2.45, 2.75) is 31.2 Å². The van der Waals surface area contributed by atoms with Crippen LogP contribution < -0.4 is 5.32 Å². The average Bonchev–Trinajstić information content (AvgIpc) is 3.44. The standard InChI is InChI=1S/C17H23N5O2/c23-15(14-3-6-19-20-11-14)21-8-4-17(5-9-21)16(24)18-7-10-22(17)12-13-1-2-13/h3,6,11,13H,1-2,4-5,7-10,12H2,(H,18,24). The van der Waals surface area contributed by atoms with Crippen LogP contribution in [0.2, 0.25) is 0 Å². The van der Waals surface area contributed by atoms with E-state index in [2.05, 4.69) is 20.4 Å². The Morgan fingerprint density at radius 1 is 1.25 bits per heavy atom. The van der Waals surface area contributed by atoms with Crippen molar-refractivity contribution >= 4 is 11.8 Å². The Kier molecular flexibility index (Phi) is 3.96. The largest absolute Gasteiger partial charge is 0.353 e. The summed E-state index contributed by atoms with van der Waals surface area (Å²) in [5.41, 5.74) is 0.137. The lowest BCUT2D eigenvalue weighted by molar-refractivity contribution is -0.141. The van der Waals surface area contributed by atoms with Gasteiger partial charge in [-0.1, -0.05) is 0 Å². The molecule has 3 aliphatic rings. The van der Waals surface area contributed by atoms with Crippen LogP contribution in [0.3, 0.4) is 0 Å². The van der Waals surface area contributed by atoms with Gasteiger partial charge in [0.25, 0.3) is 5.91 Å². The molecular weight excluding hydrogens is 306 g/mol. The van der Waals surface area contributed by atoms with Crippen LogP contribution >= 0.6 is 0 Å². The van der Waals surface area contributed by atoms with Gasteiger partial charge in [-0.15, -0.1) is 0 Å². The number of piperidine rings is 1. The smallest absolute Gasteiger partial charge is 0.255 e. The van der Waals surface area contributed by atoms with Crippen molar-refractivity contribution in [1.29, 1.82) is 0 Å². The molecule has 2 amide bonds. The lowest BCUT2D eigenvalue weighted by atomic mass is 9.82. The molecule has 3 fully saturated rings. The molecule has 1 aliphatic carbocycles. The van der Waals surface area contributed by atoms with Gasteiger partial charge in [0, 0.05) is 32.7 Å². The van der Waals surface area contributed by atoms with E-state index in [9.17, 15) is 9.59 Å². The molecule has 1 aromatic rings. The third kappa shape index (κ3) is 2.77. The normalized spacial score (nSPS) is 24.0. The molecule has 0 unspecified atom stereocenters. The molecular formula is C17H23N5O2. The molecule has 3 heterocycles. The number of rotatable bonds is 3.